The van der Waals surface area contributed by atoms with Gasteiger partial charge in [-0.05, 0) is 30.7 Å². The van der Waals surface area contributed by atoms with E-state index in [0.717, 1.165) is 16.8 Å². The molecule has 0 saturated heterocycles. The van der Waals surface area contributed by atoms with Crippen LogP contribution in [0.1, 0.15) is 11.3 Å². The summed E-state index contributed by atoms with van der Waals surface area (Å²) in [5.41, 5.74) is 3.24. The monoisotopic (exact) mass is 317 g/mol. The van der Waals surface area contributed by atoms with Crippen LogP contribution in [0.3, 0.4) is 0 Å². The van der Waals surface area contributed by atoms with Gasteiger partial charge in [0.25, 0.3) is 5.56 Å². The zero-order valence-electron chi connectivity index (χ0n) is 13.1. The first kappa shape index (κ1) is 14.3. The van der Waals surface area contributed by atoms with Gasteiger partial charge in [0, 0.05) is 0 Å². The third kappa shape index (κ3) is 2.48. The summed E-state index contributed by atoms with van der Waals surface area (Å²) in [5.74, 6) is 0. The molecule has 0 unspecified atom stereocenters. The Kier molecular flexibility index (Phi) is 3.42. The van der Waals surface area contributed by atoms with Gasteiger partial charge in [-0.1, -0.05) is 30.3 Å². The number of aryl methyl sites for hydroxylation is 1. The fourth-order valence-electron chi connectivity index (χ4n) is 2.68. The molecule has 2 aromatic heterocycles. The van der Waals surface area contributed by atoms with Gasteiger partial charge < -0.3 is 0 Å². The quantitative estimate of drug-likeness (QED) is 0.582. The SMILES string of the molecule is Cc1cccc2c(=O)n(Cc3cnn(-c4ccccc4)n3)cnc12. The third-order valence-electron chi connectivity index (χ3n) is 3.91. The summed E-state index contributed by atoms with van der Waals surface area (Å²) in [7, 11) is 0. The summed E-state index contributed by atoms with van der Waals surface area (Å²) in [4.78, 5) is 18.6. The van der Waals surface area contributed by atoms with Gasteiger partial charge in [0.2, 0.25) is 0 Å². The molecule has 0 bridgehead atoms. The highest BCUT2D eigenvalue weighted by atomic mass is 16.1. The van der Waals surface area contributed by atoms with Crippen LogP contribution in [0.2, 0.25) is 0 Å². The lowest BCUT2D eigenvalue weighted by Crippen LogP contribution is -2.21. The molecule has 24 heavy (non-hydrogen) atoms. The molecular formula is C18H15N5O. The lowest BCUT2D eigenvalue weighted by atomic mass is 10.1. The second-order valence-electron chi connectivity index (χ2n) is 5.61. The normalized spacial score (nSPS) is 11.0. The molecule has 0 atom stereocenters. The molecule has 0 aliphatic heterocycles. The van der Waals surface area contributed by atoms with Crippen LogP contribution in [0, 0.1) is 6.92 Å². The van der Waals surface area contributed by atoms with E-state index in [1.807, 2.05) is 49.4 Å². The molecule has 0 fully saturated rings. The Morgan fingerprint density at radius 1 is 1.04 bits per heavy atom. The smallest absolute Gasteiger partial charge is 0.261 e. The Morgan fingerprint density at radius 3 is 2.71 bits per heavy atom. The molecule has 2 aromatic carbocycles. The van der Waals surface area contributed by atoms with Gasteiger partial charge in [0.15, 0.2) is 0 Å². The van der Waals surface area contributed by atoms with Gasteiger partial charge in [-0.25, -0.2) is 4.98 Å². The van der Waals surface area contributed by atoms with E-state index < -0.39 is 0 Å². The second kappa shape index (κ2) is 5.73. The average Bonchev–Trinajstić information content (AvgIpc) is 3.07. The average molecular weight is 317 g/mol. The van der Waals surface area contributed by atoms with Crippen LogP contribution >= 0.6 is 0 Å². The molecular weight excluding hydrogens is 302 g/mol. The van der Waals surface area contributed by atoms with Crippen LogP contribution in [-0.2, 0) is 6.54 Å². The Bertz CT molecular complexity index is 1070. The number of fused-ring (bicyclic) bond motifs is 1. The molecule has 0 N–H and O–H groups in total. The number of hydrogen-bond acceptors (Lipinski definition) is 4. The standard InChI is InChI=1S/C18H15N5O/c1-13-6-5-9-16-17(13)19-12-22(18(16)24)11-14-10-20-23(21-14)15-7-3-2-4-8-15/h2-10,12H,11H2,1H3. The van der Waals surface area contributed by atoms with Crippen molar-refractivity contribution in [3.05, 3.63) is 82.7 Å². The summed E-state index contributed by atoms with van der Waals surface area (Å²) in [6, 6.07) is 15.3. The fraction of sp³-hybridized carbons (Fsp3) is 0.111. The molecule has 4 aromatic rings. The second-order valence-corrected chi connectivity index (χ2v) is 5.61. The number of hydrogen-bond donors (Lipinski definition) is 0. The van der Waals surface area contributed by atoms with Crippen LogP contribution in [-0.4, -0.2) is 24.5 Å². The zero-order chi connectivity index (χ0) is 16.5. The van der Waals surface area contributed by atoms with E-state index in [2.05, 4.69) is 15.2 Å². The molecule has 6 heteroatoms. The van der Waals surface area contributed by atoms with Crippen molar-refractivity contribution in [3.8, 4) is 5.69 Å². The van der Waals surface area contributed by atoms with E-state index in [1.165, 1.54) is 0 Å². The first-order valence-electron chi connectivity index (χ1n) is 7.64. The topological polar surface area (TPSA) is 65.6 Å². The predicted molar refractivity (Wildman–Crippen MR) is 91.2 cm³/mol. The lowest BCUT2D eigenvalue weighted by molar-refractivity contribution is 0.694. The number of benzene rings is 2. The Balaban J connectivity index is 1.69. The number of rotatable bonds is 3. The predicted octanol–water partition coefficient (Wildman–Crippen LogP) is 2.33. The summed E-state index contributed by atoms with van der Waals surface area (Å²) < 4.78 is 1.56. The van der Waals surface area contributed by atoms with E-state index in [4.69, 9.17) is 0 Å². The molecule has 6 nitrogen and oxygen atoms in total. The van der Waals surface area contributed by atoms with Crippen LogP contribution < -0.4 is 5.56 Å². The molecule has 0 amide bonds. The minimum Gasteiger partial charge on any atom is -0.293 e. The molecule has 0 spiro atoms. The van der Waals surface area contributed by atoms with Gasteiger partial charge in [0.05, 0.1) is 35.7 Å². The van der Waals surface area contributed by atoms with Crippen LogP contribution in [0.4, 0.5) is 0 Å². The summed E-state index contributed by atoms with van der Waals surface area (Å²) in [5, 5.41) is 9.31. The molecule has 4 rings (SSSR count). The first-order valence-corrected chi connectivity index (χ1v) is 7.64. The zero-order valence-corrected chi connectivity index (χ0v) is 13.1. The Hall–Kier alpha value is -3.28. The molecule has 2 heterocycles. The van der Waals surface area contributed by atoms with E-state index in [9.17, 15) is 4.79 Å². The minimum atomic E-state index is -0.0713. The Labute approximate surface area is 138 Å². The van der Waals surface area contributed by atoms with Crippen LogP contribution in [0.25, 0.3) is 16.6 Å². The minimum absolute atomic E-state index is 0.0713. The Morgan fingerprint density at radius 2 is 1.88 bits per heavy atom. The maximum absolute atomic E-state index is 12.6. The maximum Gasteiger partial charge on any atom is 0.261 e. The van der Waals surface area contributed by atoms with E-state index in [-0.39, 0.29) is 5.56 Å². The van der Waals surface area contributed by atoms with Crippen molar-refractivity contribution >= 4 is 10.9 Å². The van der Waals surface area contributed by atoms with Crippen molar-refractivity contribution in [2.75, 3.05) is 0 Å². The van der Waals surface area contributed by atoms with E-state index in [1.54, 1.807) is 28.0 Å². The highest BCUT2D eigenvalue weighted by Gasteiger charge is 2.08. The maximum atomic E-state index is 12.6. The summed E-state index contributed by atoms with van der Waals surface area (Å²) >= 11 is 0. The molecule has 0 aliphatic carbocycles. The first-order chi connectivity index (χ1) is 11.7. The number of para-hydroxylation sites is 2. The van der Waals surface area contributed by atoms with Crippen LogP contribution in [0.5, 0.6) is 0 Å². The molecule has 118 valence electrons. The van der Waals surface area contributed by atoms with Crippen molar-refractivity contribution in [2.24, 2.45) is 0 Å². The number of aromatic nitrogens is 5. The van der Waals surface area contributed by atoms with E-state index >= 15 is 0 Å². The largest absolute Gasteiger partial charge is 0.293 e. The lowest BCUT2D eigenvalue weighted by Gasteiger charge is -2.06. The van der Waals surface area contributed by atoms with Gasteiger partial charge in [-0.15, -0.1) is 0 Å². The van der Waals surface area contributed by atoms with Crippen molar-refractivity contribution in [3.63, 3.8) is 0 Å². The van der Waals surface area contributed by atoms with Gasteiger partial charge in [0.1, 0.15) is 5.69 Å². The van der Waals surface area contributed by atoms with Gasteiger partial charge >= 0.3 is 0 Å². The van der Waals surface area contributed by atoms with Gasteiger partial charge in [-0.3, -0.25) is 9.36 Å². The highest BCUT2D eigenvalue weighted by molar-refractivity contribution is 5.80. The summed E-state index contributed by atoms with van der Waals surface area (Å²) in [6.07, 6.45) is 3.24. The third-order valence-corrected chi connectivity index (χ3v) is 3.91. The van der Waals surface area contributed by atoms with E-state index in [0.29, 0.717) is 17.6 Å². The highest BCUT2D eigenvalue weighted by Crippen LogP contribution is 2.11. The van der Waals surface area contributed by atoms with Crippen molar-refractivity contribution in [1.29, 1.82) is 0 Å². The number of nitrogens with zero attached hydrogens (tertiary/aromatic N) is 5. The van der Waals surface area contributed by atoms with Crippen molar-refractivity contribution < 1.29 is 0 Å². The molecule has 0 aliphatic rings. The fourth-order valence-corrected chi connectivity index (χ4v) is 2.68. The van der Waals surface area contributed by atoms with Gasteiger partial charge in [-0.2, -0.15) is 15.0 Å². The molecule has 0 radical (unpaired) electrons. The van der Waals surface area contributed by atoms with Crippen molar-refractivity contribution in [1.82, 2.24) is 24.5 Å². The van der Waals surface area contributed by atoms with Crippen molar-refractivity contribution in [2.45, 2.75) is 13.5 Å². The molecule has 0 saturated carbocycles. The van der Waals surface area contributed by atoms with Crippen LogP contribution in [0.15, 0.2) is 65.8 Å². The summed E-state index contributed by atoms with van der Waals surface area (Å²) in [6.45, 7) is 2.28.